The van der Waals surface area contributed by atoms with Crippen LogP contribution >= 0.6 is 0 Å². The lowest BCUT2D eigenvalue weighted by Gasteiger charge is -2.31. The first kappa shape index (κ1) is 23.5. The van der Waals surface area contributed by atoms with Crippen LogP contribution in [0.15, 0.2) is 36.4 Å². The molecule has 184 valence electrons. The molecule has 2 amide bonds. The van der Waals surface area contributed by atoms with Gasteiger partial charge in [-0.25, -0.2) is 9.67 Å². The maximum absolute atomic E-state index is 13.8. The van der Waals surface area contributed by atoms with Crippen LogP contribution in [-0.4, -0.2) is 44.6 Å². The lowest BCUT2D eigenvalue weighted by Crippen LogP contribution is -2.43. The third kappa shape index (κ3) is 4.81. The van der Waals surface area contributed by atoms with Gasteiger partial charge >= 0.3 is 0 Å². The minimum Gasteiger partial charge on any atom is -0.352 e. The number of fused-ring (bicyclic) bond motifs is 1. The summed E-state index contributed by atoms with van der Waals surface area (Å²) in [7, 11) is 0. The van der Waals surface area contributed by atoms with Crippen molar-refractivity contribution in [2.24, 2.45) is 5.92 Å². The highest BCUT2D eigenvalue weighted by Crippen LogP contribution is 2.41. The zero-order valence-electron chi connectivity index (χ0n) is 21.2. The van der Waals surface area contributed by atoms with Crippen LogP contribution in [0.2, 0.25) is 0 Å². The molecule has 5 rings (SSSR count). The predicted octanol–water partition coefficient (Wildman–Crippen LogP) is 4.54. The van der Waals surface area contributed by atoms with E-state index in [1.165, 1.54) is 0 Å². The number of carbonyl (C=O) groups excluding carboxylic acids is 2. The van der Waals surface area contributed by atoms with E-state index in [-0.39, 0.29) is 23.3 Å². The number of nitrogens with one attached hydrogen (secondary N) is 1. The first-order valence-corrected chi connectivity index (χ1v) is 12.7. The fraction of sp³-hybridized carbons (Fsp3) is 0.500. The molecule has 1 saturated heterocycles. The Hall–Kier alpha value is -3.22. The Labute approximate surface area is 206 Å². The summed E-state index contributed by atoms with van der Waals surface area (Å²) >= 11 is 0. The smallest absolute Gasteiger partial charge is 0.254 e. The molecule has 7 heteroatoms. The van der Waals surface area contributed by atoms with E-state index in [0.717, 1.165) is 40.8 Å². The minimum atomic E-state index is -0.229. The molecule has 1 aliphatic carbocycles. The van der Waals surface area contributed by atoms with E-state index in [1.807, 2.05) is 52.9 Å². The zero-order chi connectivity index (χ0) is 24.7. The van der Waals surface area contributed by atoms with E-state index in [2.05, 4.69) is 26.1 Å². The molecule has 3 heterocycles. The summed E-state index contributed by atoms with van der Waals surface area (Å²) in [6.07, 6.45) is 3.60. The van der Waals surface area contributed by atoms with E-state index in [0.29, 0.717) is 44.0 Å². The molecule has 35 heavy (non-hydrogen) atoms. The van der Waals surface area contributed by atoms with Crippen molar-refractivity contribution in [2.45, 2.75) is 71.4 Å². The first-order chi connectivity index (χ1) is 16.7. The van der Waals surface area contributed by atoms with Crippen molar-refractivity contribution >= 4 is 22.8 Å². The maximum Gasteiger partial charge on any atom is 0.254 e. The molecule has 0 radical (unpaired) electrons. The Bertz CT molecular complexity index is 1250. The van der Waals surface area contributed by atoms with Crippen molar-refractivity contribution in [1.82, 2.24) is 25.0 Å². The quantitative estimate of drug-likeness (QED) is 0.590. The number of benzene rings is 1. The molecule has 1 saturated carbocycles. The molecular weight excluding hydrogens is 438 g/mol. The largest absolute Gasteiger partial charge is 0.352 e. The zero-order valence-corrected chi connectivity index (χ0v) is 21.2. The molecule has 0 unspecified atom stereocenters. The molecule has 2 aliphatic rings. The molecule has 0 bridgehead atoms. The SMILES string of the molecule is Cc1nn(C(C)(C)C)c2nc(C3CC3)cc(C(=O)N3CCC(C(=O)NCc4ccccc4)CC3)c12. The van der Waals surface area contributed by atoms with E-state index >= 15 is 0 Å². The van der Waals surface area contributed by atoms with Gasteiger partial charge in [-0.1, -0.05) is 30.3 Å². The number of likely N-dealkylation sites (tertiary alicyclic amines) is 1. The van der Waals surface area contributed by atoms with Crippen LogP contribution in [0.4, 0.5) is 0 Å². The van der Waals surface area contributed by atoms with E-state index in [1.54, 1.807) is 0 Å². The molecule has 2 fully saturated rings. The van der Waals surface area contributed by atoms with Gasteiger partial charge in [0.15, 0.2) is 5.65 Å². The van der Waals surface area contributed by atoms with Crippen LogP contribution in [0.1, 0.15) is 79.7 Å². The Kier molecular flexibility index (Phi) is 6.11. The topological polar surface area (TPSA) is 80.1 Å². The van der Waals surface area contributed by atoms with Gasteiger partial charge in [0.25, 0.3) is 5.91 Å². The number of hydrogen-bond acceptors (Lipinski definition) is 4. The van der Waals surface area contributed by atoms with Crippen LogP contribution in [0.3, 0.4) is 0 Å². The molecule has 0 spiro atoms. The Morgan fingerprint density at radius 2 is 1.74 bits per heavy atom. The van der Waals surface area contributed by atoms with Crippen molar-refractivity contribution in [3.8, 4) is 0 Å². The second-order valence-electron chi connectivity index (χ2n) is 11.0. The second-order valence-corrected chi connectivity index (χ2v) is 11.0. The number of amides is 2. The molecular formula is C28H35N5O2. The van der Waals surface area contributed by atoms with Crippen molar-refractivity contribution in [1.29, 1.82) is 0 Å². The summed E-state index contributed by atoms with van der Waals surface area (Å²) in [4.78, 5) is 33.4. The molecule has 1 aromatic carbocycles. The van der Waals surface area contributed by atoms with Crippen LogP contribution in [0.5, 0.6) is 0 Å². The number of aromatic nitrogens is 3. The molecule has 7 nitrogen and oxygen atoms in total. The molecule has 1 N–H and O–H groups in total. The first-order valence-electron chi connectivity index (χ1n) is 12.7. The summed E-state index contributed by atoms with van der Waals surface area (Å²) in [6.45, 7) is 9.99. The fourth-order valence-electron chi connectivity index (χ4n) is 4.98. The number of nitrogens with zero attached hydrogens (tertiary/aromatic N) is 4. The average molecular weight is 474 g/mol. The highest BCUT2D eigenvalue weighted by molar-refractivity contribution is 6.06. The summed E-state index contributed by atoms with van der Waals surface area (Å²) in [5, 5.41) is 8.70. The van der Waals surface area contributed by atoms with Gasteiger partial charge in [-0.3, -0.25) is 9.59 Å². The predicted molar refractivity (Wildman–Crippen MR) is 136 cm³/mol. The number of rotatable bonds is 5. The molecule has 1 aliphatic heterocycles. The van der Waals surface area contributed by atoms with Crippen molar-refractivity contribution < 1.29 is 9.59 Å². The minimum absolute atomic E-state index is 0.0269. The Balaban J connectivity index is 1.33. The monoisotopic (exact) mass is 473 g/mol. The van der Waals surface area contributed by atoms with Gasteiger partial charge in [0.2, 0.25) is 5.91 Å². The lowest BCUT2D eigenvalue weighted by atomic mass is 9.95. The van der Waals surface area contributed by atoms with E-state index < -0.39 is 0 Å². The van der Waals surface area contributed by atoms with Gasteiger partial charge < -0.3 is 10.2 Å². The third-order valence-electron chi connectivity index (χ3n) is 7.16. The average Bonchev–Trinajstić information content (AvgIpc) is 3.65. The summed E-state index contributed by atoms with van der Waals surface area (Å²) < 4.78 is 1.96. The summed E-state index contributed by atoms with van der Waals surface area (Å²) in [6, 6.07) is 11.9. The molecule has 0 atom stereocenters. The number of piperidine rings is 1. The van der Waals surface area contributed by atoms with Gasteiger partial charge in [-0.2, -0.15) is 5.10 Å². The number of pyridine rings is 1. The highest BCUT2D eigenvalue weighted by Gasteiger charge is 2.33. The second kappa shape index (κ2) is 9.10. The number of aryl methyl sites for hydroxylation is 1. The van der Waals surface area contributed by atoms with Crippen LogP contribution in [0, 0.1) is 12.8 Å². The Morgan fingerprint density at radius 1 is 1.06 bits per heavy atom. The lowest BCUT2D eigenvalue weighted by molar-refractivity contribution is -0.126. The summed E-state index contributed by atoms with van der Waals surface area (Å²) in [5.41, 5.74) is 4.21. The van der Waals surface area contributed by atoms with Gasteiger partial charge in [0.1, 0.15) is 0 Å². The fourth-order valence-corrected chi connectivity index (χ4v) is 4.98. The van der Waals surface area contributed by atoms with Crippen molar-refractivity contribution in [2.75, 3.05) is 13.1 Å². The Morgan fingerprint density at radius 3 is 2.37 bits per heavy atom. The molecule has 3 aromatic rings. The van der Waals surface area contributed by atoms with Crippen LogP contribution in [0.25, 0.3) is 11.0 Å². The normalized spacial score (nSPS) is 17.1. The summed E-state index contributed by atoms with van der Waals surface area (Å²) in [5.74, 6) is 0.478. The molecule has 2 aromatic heterocycles. The van der Waals surface area contributed by atoms with E-state index in [4.69, 9.17) is 10.1 Å². The van der Waals surface area contributed by atoms with Gasteiger partial charge in [-0.05, 0) is 65.0 Å². The highest BCUT2D eigenvalue weighted by atomic mass is 16.2. The van der Waals surface area contributed by atoms with Crippen LogP contribution < -0.4 is 5.32 Å². The van der Waals surface area contributed by atoms with Crippen molar-refractivity contribution in [3.05, 3.63) is 58.9 Å². The van der Waals surface area contributed by atoms with Crippen molar-refractivity contribution in [3.63, 3.8) is 0 Å². The maximum atomic E-state index is 13.8. The van der Waals surface area contributed by atoms with Gasteiger partial charge in [-0.15, -0.1) is 0 Å². The van der Waals surface area contributed by atoms with Gasteiger partial charge in [0.05, 0.1) is 22.2 Å². The van der Waals surface area contributed by atoms with E-state index in [9.17, 15) is 9.59 Å². The van der Waals surface area contributed by atoms with Gasteiger partial charge in [0, 0.05) is 37.2 Å². The third-order valence-corrected chi connectivity index (χ3v) is 7.16. The number of carbonyl (C=O) groups is 2. The van der Waals surface area contributed by atoms with Crippen LogP contribution in [-0.2, 0) is 16.9 Å². The standard InChI is InChI=1S/C28H35N5O2/c1-18-24-22(16-23(20-10-11-20)30-25(24)33(31-18)28(2,3)4)27(35)32-14-12-21(13-15-32)26(34)29-17-19-8-6-5-7-9-19/h5-9,16,20-21H,10-15,17H2,1-4H3,(H,29,34). The number of hydrogen-bond donors (Lipinski definition) is 1.